The van der Waals surface area contributed by atoms with E-state index < -0.39 is 16.1 Å². The molecule has 4 heterocycles. The van der Waals surface area contributed by atoms with Crippen LogP contribution >= 0.6 is 22.9 Å². The maximum absolute atomic E-state index is 13.2. The number of carbonyl (C=O) groups excluding carboxylic acids is 2. The SMILES string of the molecule is O=C1C(NS(=O)(=O)c2cc3cc(Cl)ccc3s2)CCCN1CC(=O)N1CCCC1CN1CCNCC1. The molecule has 2 atom stereocenters. The van der Waals surface area contributed by atoms with E-state index in [1.54, 1.807) is 24.3 Å². The number of amides is 2. The van der Waals surface area contributed by atoms with Crippen LogP contribution in [0.3, 0.4) is 0 Å². The summed E-state index contributed by atoms with van der Waals surface area (Å²) in [6.45, 7) is 5.94. The number of likely N-dealkylation sites (tertiary alicyclic amines) is 2. The molecule has 2 amide bonds. The minimum Gasteiger partial charge on any atom is -0.337 e. The van der Waals surface area contributed by atoms with Gasteiger partial charge in [-0.05, 0) is 55.3 Å². The number of benzene rings is 1. The molecule has 3 aliphatic rings. The van der Waals surface area contributed by atoms with Crippen molar-refractivity contribution in [3.8, 4) is 0 Å². The highest BCUT2D eigenvalue weighted by atomic mass is 35.5. The number of hydrogen-bond acceptors (Lipinski definition) is 7. The van der Waals surface area contributed by atoms with Crippen molar-refractivity contribution >= 4 is 54.9 Å². The summed E-state index contributed by atoms with van der Waals surface area (Å²) in [6, 6.07) is 6.10. The van der Waals surface area contributed by atoms with Gasteiger partial charge in [0, 0.05) is 61.6 Å². The molecule has 5 rings (SSSR count). The number of carbonyl (C=O) groups is 2. The van der Waals surface area contributed by atoms with Crippen LogP contribution in [0, 0.1) is 0 Å². The predicted octanol–water partition coefficient (Wildman–Crippen LogP) is 1.72. The maximum atomic E-state index is 13.2. The fourth-order valence-electron chi connectivity index (χ4n) is 5.37. The molecule has 0 aliphatic carbocycles. The van der Waals surface area contributed by atoms with Crippen LogP contribution in [0.1, 0.15) is 25.7 Å². The molecule has 2 unspecified atom stereocenters. The standard InChI is InChI=1S/C24H32ClN5O4S2/c25-18-5-6-21-17(13-18)14-23(35-21)36(33,34)27-20-4-2-9-29(24(20)32)16-22(31)30-10-1-3-19(30)15-28-11-7-26-8-12-28/h5-6,13-14,19-20,26-27H,1-4,7-12,15-16H2. The van der Waals surface area contributed by atoms with E-state index >= 15 is 0 Å². The van der Waals surface area contributed by atoms with Crippen molar-refractivity contribution < 1.29 is 18.0 Å². The number of piperidine rings is 1. The molecule has 1 aromatic heterocycles. The van der Waals surface area contributed by atoms with Gasteiger partial charge in [0.25, 0.3) is 10.0 Å². The number of piperazine rings is 1. The average molecular weight is 554 g/mol. The number of sulfonamides is 1. The smallest absolute Gasteiger partial charge is 0.250 e. The molecule has 196 valence electrons. The average Bonchev–Trinajstić information content (AvgIpc) is 3.49. The molecule has 3 aliphatic heterocycles. The topological polar surface area (TPSA) is 102 Å². The Hall–Kier alpha value is -1.76. The molecule has 1 aromatic carbocycles. The van der Waals surface area contributed by atoms with Gasteiger partial charge in [-0.15, -0.1) is 11.3 Å². The summed E-state index contributed by atoms with van der Waals surface area (Å²) in [5.41, 5.74) is 0. The predicted molar refractivity (Wildman–Crippen MR) is 141 cm³/mol. The largest absolute Gasteiger partial charge is 0.337 e. The third-order valence-electron chi connectivity index (χ3n) is 7.25. The zero-order valence-electron chi connectivity index (χ0n) is 20.1. The Kier molecular flexibility index (Phi) is 7.85. The van der Waals surface area contributed by atoms with E-state index in [0.717, 1.165) is 67.0 Å². The Morgan fingerprint density at radius 3 is 2.69 bits per heavy atom. The van der Waals surface area contributed by atoms with Crippen molar-refractivity contribution in [2.45, 2.75) is 42.0 Å². The van der Waals surface area contributed by atoms with Crippen LogP contribution in [0.5, 0.6) is 0 Å². The van der Waals surface area contributed by atoms with E-state index in [4.69, 9.17) is 11.6 Å². The second-order valence-electron chi connectivity index (χ2n) is 9.76. The van der Waals surface area contributed by atoms with Gasteiger partial charge >= 0.3 is 0 Å². The van der Waals surface area contributed by atoms with Crippen molar-refractivity contribution in [3.63, 3.8) is 0 Å². The first kappa shape index (κ1) is 25.9. The van der Waals surface area contributed by atoms with E-state index in [-0.39, 0.29) is 28.6 Å². The van der Waals surface area contributed by atoms with Gasteiger partial charge in [0.1, 0.15) is 10.3 Å². The Morgan fingerprint density at radius 1 is 1.11 bits per heavy atom. The Morgan fingerprint density at radius 2 is 1.89 bits per heavy atom. The molecule has 2 aromatic rings. The number of halogens is 1. The van der Waals surface area contributed by atoms with Crippen LogP contribution in [0.25, 0.3) is 10.1 Å². The zero-order valence-corrected chi connectivity index (χ0v) is 22.5. The van der Waals surface area contributed by atoms with Crippen LogP contribution in [-0.4, -0.2) is 99.4 Å². The molecule has 9 nitrogen and oxygen atoms in total. The molecule has 36 heavy (non-hydrogen) atoms. The Balaban J connectivity index is 1.21. The lowest BCUT2D eigenvalue weighted by molar-refractivity contribution is -0.143. The summed E-state index contributed by atoms with van der Waals surface area (Å²) in [6.07, 6.45) is 3.00. The van der Waals surface area contributed by atoms with Crippen molar-refractivity contribution in [1.29, 1.82) is 0 Å². The maximum Gasteiger partial charge on any atom is 0.250 e. The second-order valence-corrected chi connectivity index (χ2v) is 13.2. The van der Waals surface area contributed by atoms with E-state index in [2.05, 4.69) is 14.9 Å². The highest BCUT2D eigenvalue weighted by molar-refractivity contribution is 7.91. The van der Waals surface area contributed by atoms with Crippen LogP contribution in [-0.2, 0) is 19.6 Å². The zero-order chi connectivity index (χ0) is 25.3. The molecule has 3 fully saturated rings. The van der Waals surface area contributed by atoms with Gasteiger partial charge in [-0.25, -0.2) is 8.42 Å². The summed E-state index contributed by atoms with van der Waals surface area (Å²) in [7, 11) is -3.89. The monoisotopic (exact) mass is 553 g/mol. The van der Waals surface area contributed by atoms with E-state index in [9.17, 15) is 18.0 Å². The second kappa shape index (κ2) is 10.9. The first-order chi connectivity index (χ1) is 17.3. The lowest BCUT2D eigenvalue weighted by Crippen LogP contribution is -2.55. The van der Waals surface area contributed by atoms with Crippen LogP contribution in [0.15, 0.2) is 28.5 Å². The van der Waals surface area contributed by atoms with E-state index in [1.165, 1.54) is 4.90 Å². The number of rotatable bonds is 7. The van der Waals surface area contributed by atoms with Gasteiger partial charge in [-0.3, -0.25) is 14.5 Å². The first-order valence-electron chi connectivity index (χ1n) is 12.5. The first-order valence-corrected chi connectivity index (χ1v) is 15.2. The third-order valence-corrected chi connectivity index (χ3v) is 10.5. The molecule has 2 N–H and O–H groups in total. The highest BCUT2D eigenvalue weighted by Crippen LogP contribution is 2.31. The van der Waals surface area contributed by atoms with Crippen molar-refractivity contribution in [3.05, 3.63) is 29.3 Å². The molecular weight excluding hydrogens is 522 g/mol. The fraction of sp³-hybridized carbons (Fsp3) is 0.583. The molecule has 12 heteroatoms. The number of hydrogen-bond donors (Lipinski definition) is 2. The quantitative estimate of drug-likeness (QED) is 0.541. The van der Waals surface area contributed by atoms with Gasteiger partial charge in [-0.1, -0.05) is 11.6 Å². The summed E-state index contributed by atoms with van der Waals surface area (Å²) in [5.74, 6) is -0.383. The van der Waals surface area contributed by atoms with Crippen LogP contribution < -0.4 is 10.0 Å². The normalized spacial score (nSPS) is 24.1. The van der Waals surface area contributed by atoms with Gasteiger partial charge in [0.2, 0.25) is 11.8 Å². The van der Waals surface area contributed by atoms with Gasteiger partial charge in [0.05, 0.1) is 6.54 Å². The van der Waals surface area contributed by atoms with E-state index in [1.807, 2.05) is 4.90 Å². The van der Waals surface area contributed by atoms with Crippen LogP contribution in [0.2, 0.25) is 5.02 Å². The lowest BCUT2D eigenvalue weighted by atomic mass is 10.1. The molecule has 0 bridgehead atoms. The minimum absolute atomic E-state index is 0.00347. The molecule has 0 radical (unpaired) electrons. The lowest BCUT2D eigenvalue weighted by Gasteiger charge is -2.36. The van der Waals surface area contributed by atoms with Gasteiger partial charge in [0.15, 0.2) is 0 Å². The van der Waals surface area contributed by atoms with Crippen molar-refractivity contribution in [1.82, 2.24) is 24.7 Å². The third kappa shape index (κ3) is 5.71. The van der Waals surface area contributed by atoms with Gasteiger partial charge < -0.3 is 15.1 Å². The van der Waals surface area contributed by atoms with Crippen molar-refractivity contribution in [2.24, 2.45) is 0 Å². The molecule has 3 saturated heterocycles. The van der Waals surface area contributed by atoms with E-state index in [0.29, 0.717) is 31.0 Å². The number of thiophene rings is 1. The summed E-state index contributed by atoms with van der Waals surface area (Å²) in [5, 5.41) is 4.63. The van der Waals surface area contributed by atoms with Crippen molar-refractivity contribution in [2.75, 3.05) is 52.4 Å². The molecular formula is C24H32ClN5O4S2. The summed E-state index contributed by atoms with van der Waals surface area (Å²) >= 11 is 7.18. The number of fused-ring (bicyclic) bond motifs is 1. The van der Waals surface area contributed by atoms with Crippen LogP contribution in [0.4, 0.5) is 0 Å². The number of nitrogens with one attached hydrogen (secondary N) is 2. The number of nitrogens with zero attached hydrogens (tertiary/aromatic N) is 3. The Labute approximate surface area is 220 Å². The minimum atomic E-state index is -3.89. The molecule has 0 saturated carbocycles. The fourth-order valence-corrected chi connectivity index (χ4v) is 8.17. The summed E-state index contributed by atoms with van der Waals surface area (Å²) < 4.78 is 29.7. The molecule has 0 spiro atoms. The summed E-state index contributed by atoms with van der Waals surface area (Å²) in [4.78, 5) is 32.2. The highest BCUT2D eigenvalue weighted by Gasteiger charge is 2.36. The Bertz CT molecular complexity index is 1230. The van der Waals surface area contributed by atoms with Gasteiger partial charge in [-0.2, -0.15) is 4.72 Å².